The topological polar surface area (TPSA) is 0 Å². The van der Waals surface area contributed by atoms with E-state index in [1.807, 2.05) is 60.7 Å². The summed E-state index contributed by atoms with van der Waals surface area (Å²) < 4.78 is 39.0. The SMILES string of the molecule is FC(F)(F)c1cc(Cl)c(P(c2ccccc2)c2ccccc2)c(Cl)c1. The predicted octanol–water partition coefficient (Wildman–Crippen LogP) is 5.77. The fourth-order valence-corrected chi connectivity index (χ4v) is 5.81. The van der Waals surface area contributed by atoms with Crippen LogP contribution < -0.4 is 15.9 Å². The summed E-state index contributed by atoms with van der Waals surface area (Å²) in [5, 5.41) is 2.51. The molecular weight excluding hydrogens is 387 g/mol. The number of hydrogen-bond acceptors (Lipinski definition) is 0. The first-order valence-electron chi connectivity index (χ1n) is 7.34. The summed E-state index contributed by atoms with van der Waals surface area (Å²) in [5.41, 5.74) is -0.845. The molecule has 0 aromatic heterocycles. The number of halogens is 5. The number of alkyl halides is 3. The number of benzene rings is 3. The van der Waals surface area contributed by atoms with Crippen LogP contribution in [0.4, 0.5) is 13.2 Å². The van der Waals surface area contributed by atoms with E-state index >= 15 is 0 Å². The molecule has 0 saturated carbocycles. The molecule has 0 amide bonds. The second-order valence-electron chi connectivity index (χ2n) is 5.29. The van der Waals surface area contributed by atoms with E-state index in [9.17, 15) is 13.2 Å². The predicted molar refractivity (Wildman–Crippen MR) is 100 cm³/mol. The Hall–Kier alpha value is -1.54. The van der Waals surface area contributed by atoms with Gasteiger partial charge in [-0.25, -0.2) is 0 Å². The molecule has 0 fully saturated rings. The maximum absolute atomic E-state index is 13.0. The first-order valence-corrected chi connectivity index (χ1v) is 9.44. The van der Waals surface area contributed by atoms with Gasteiger partial charge in [0.25, 0.3) is 0 Å². The average Bonchev–Trinajstić information content (AvgIpc) is 2.58. The van der Waals surface area contributed by atoms with E-state index in [0.29, 0.717) is 5.30 Å². The van der Waals surface area contributed by atoms with Gasteiger partial charge in [-0.3, -0.25) is 0 Å². The van der Waals surface area contributed by atoms with Gasteiger partial charge in [0.2, 0.25) is 0 Å². The highest BCUT2D eigenvalue weighted by Crippen LogP contribution is 2.41. The van der Waals surface area contributed by atoms with Crippen molar-refractivity contribution in [1.82, 2.24) is 0 Å². The summed E-state index contributed by atoms with van der Waals surface area (Å²) >= 11 is 12.5. The smallest absolute Gasteiger partial charge is 0.166 e. The molecule has 0 aliphatic heterocycles. The van der Waals surface area contributed by atoms with Crippen LogP contribution in [0, 0.1) is 0 Å². The summed E-state index contributed by atoms with van der Waals surface area (Å²) in [5.74, 6) is 0. The standard InChI is InChI=1S/C19H12Cl2F3P/c20-16-11-13(19(22,23)24)12-17(21)18(16)25(14-7-3-1-4-8-14)15-9-5-2-6-10-15/h1-12H. The van der Waals surface area contributed by atoms with Crippen LogP contribution in [-0.2, 0) is 6.18 Å². The molecule has 0 aliphatic carbocycles. The zero-order chi connectivity index (χ0) is 18.0. The van der Waals surface area contributed by atoms with E-state index < -0.39 is 19.7 Å². The van der Waals surface area contributed by atoms with Crippen LogP contribution in [0.15, 0.2) is 72.8 Å². The van der Waals surface area contributed by atoms with E-state index in [-0.39, 0.29) is 10.0 Å². The highest BCUT2D eigenvalue weighted by atomic mass is 35.5. The molecule has 128 valence electrons. The first-order chi connectivity index (χ1) is 11.9. The van der Waals surface area contributed by atoms with Gasteiger partial charge in [-0.05, 0) is 30.7 Å². The molecule has 6 heteroatoms. The van der Waals surface area contributed by atoms with Crippen molar-refractivity contribution >= 4 is 47.0 Å². The van der Waals surface area contributed by atoms with Gasteiger partial charge in [-0.1, -0.05) is 83.9 Å². The molecule has 0 spiro atoms. The summed E-state index contributed by atoms with van der Waals surface area (Å²) in [6, 6.07) is 21.0. The van der Waals surface area contributed by atoms with E-state index in [1.54, 1.807) is 0 Å². The van der Waals surface area contributed by atoms with Gasteiger partial charge in [0.1, 0.15) is 0 Å². The third-order valence-electron chi connectivity index (χ3n) is 3.60. The van der Waals surface area contributed by atoms with Crippen LogP contribution in [0.25, 0.3) is 0 Å². The van der Waals surface area contributed by atoms with Crippen LogP contribution >= 0.6 is 31.1 Å². The maximum atomic E-state index is 13.0. The van der Waals surface area contributed by atoms with Crippen molar-refractivity contribution in [3.63, 3.8) is 0 Å². The molecule has 0 saturated heterocycles. The van der Waals surface area contributed by atoms with Crippen molar-refractivity contribution in [1.29, 1.82) is 0 Å². The minimum Gasteiger partial charge on any atom is -0.166 e. The maximum Gasteiger partial charge on any atom is 0.416 e. The Bertz CT molecular complexity index is 802. The van der Waals surface area contributed by atoms with Gasteiger partial charge >= 0.3 is 6.18 Å². The monoisotopic (exact) mass is 398 g/mol. The van der Waals surface area contributed by atoms with E-state index in [1.165, 1.54) is 0 Å². The van der Waals surface area contributed by atoms with Gasteiger partial charge in [-0.2, -0.15) is 13.2 Å². The van der Waals surface area contributed by atoms with Gasteiger partial charge < -0.3 is 0 Å². The molecule has 25 heavy (non-hydrogen) atoms. The van der Waals surface area contributed by atoms with E-state index in [0.717, 1.165) is 22.7 Å². The molecule has 3 aromatic carbocycles. The summed E-state index contributed by atoms with van der Waals surface area (Å²) in [7, 11) is -1.17. The third kappa shape index (κ3) is 4.00. The van der Waals surface area contributed by atoms with Crippen molar-refractivity contribution in [3.8, 4) is 0 Å². The van der Waals surface area contributed by atoms with Crippen molar-refractivity contribution in [2.75, 3.05) is 0 Å². The van der Waals surface area contributed by atoms with E-state index in [4.69, 9.17) is 23.2 Å². The molecule has 0 unspecified atom stereocenters. The summed E-state index contributed by atoms with van der Waals surface area (Å²) in [6.45, 7) is 0. The minimum absolute atomic E-state index is 0.0265. The molecule has 0 bridgehead atoms. The summed E-state index contributed by atoms with van der Waals surface area (Å²) in [4.78, 5) is 0. The molecule has 3 rings (SSSR count). The Morgan fingerprint density at radius 2 is 1.08 bits per heavy atom. The zero-order valence-electron chi connectivity index (χ0n) is 12.8. The van der Waals surface area contributed by atoms with Crippen LogP contribution in [0.3, 0.4) is 0 Å². The van der Waals surface area contributed by atoms with Gasteiger partial charge in [0.05, 0.1) is 15.6 Å². The fourth-order valence-electron chi connectivity index (χ4n) is 2.50. The largest absolute Gasteiger partial charge is 0.416 e. The Morgan fingerprint density at radius 3 is 1.44 bits per heavy atom. The minimum atomic E-state index is -4.49. The van der Waals surface area contributed by atoms with Crippen LogP contribution in [0.1, 0.15) is 5.56 Å². The number of hydrogen-bond donors (Lipinski definition) is 0. The van der Waals surface area contributed by atoms with Gasteiger partial charge in [-0.15, -0.1) is 0 Å². The highest BCUT2D eigenvalue weighted by molar-refractivity contribution is 7.80. The van der Waals surface area contributed by atoms with Crippen LogP contribution in [0.5, 0.6) is 0 Å². The van der Waals surface area contributed by atoms with Crippen LogP contribution in [-0.4, -0.2) is 0 Å². The molecule has 0 atom stereocenters. The fraction of sp³-hybridized carbons (Fsp3) is 0.0526. The zero-order valence-corrected chi connectivity index (χ0v) is 15.2. The lowest BCUT2D eigenvalue weighted by Gasteiger charge is -2.22. The summed E-state index contributed by atoms with van der Waals surface area (Å²) in [6.07, 6.45) is -4.49. The molecule has 3 aromatic rings. The molecular formula is C19H12Cl2F3P. The lowest BCUT2D eigenvalue weighted by atomic mass is 10.2. The van der Waals surface area contributed by atoms with Crippen molar-refractivity contribution in [2.24, 2.45) is 0 Å². The van der Waals surface area contributed by atoms with E-state index in [2.05, 4.69) is 0 Å². The third-order valence-corrected chi connectivity index (χ3v) is 7.01. The van der Waals surface area contributed by atoms with Crippen molar-refractivity contribution < 1.29 is 13.2 Å². The molecule has 0 N–H and O–H groups in total. The Morgan fingerprint density at radius 1 is 0.680 bits per heavy atom. The second kappa shape index (κ2) is 7.37. The first kappa shape index (κ1) is 18.3. The number of rotatable bonds is 3. The molecule has 0 heterocycles. The molecule has 0 aliphatic rings. The Labute approximate surface area is 155 Å². The molecule has 0 radical (unpaired) electrons. The highest BCUT2D eigenvalue weighted by Gasteiger charge is 2.33. The Balaban J connectivity index is 2.21. The van der Waals surface area contributed by atoms with Crippen molar-refractivity contribution in [2.45, 2.75) is 6.18 Å². The van der Waals surface area contributed by atoms with Crippen LogP contribution in [0.2, 0.25) is 10.0 Å². The normalized spacial score (nSPS) is 11.8. The Kier molecular flexibility index (Phi) is 5.38. The van der Waals surface area contributed by atoms with Gasteiger partial charge in [0, 0.05) is 5.30 Å². The lowest BCUT2D eigenvalue weighted by molar-refractivity contribution is -0.137. The second-order valence-corrected chi connectivity index (χ2v) is 8.26. The average molecular weight is 399 g/mol. The van der Waals surface area contributed by atoms with Crippen molar-refractivity contribution in [3.05, 3.63) is 88.4 Å². The van der Waals surface area contributed by atoms with Gasteiger partial charge in [0.15, 0.2) is 0 Å². The lowest BCUT2D eigenvalue weighted by Crippen LogP contribution is -2.23. The quantitative estimate of drug-likeness (QED) is 0.491. The molecule has 0 nitrogen and oxygen atoms in total.